The van der Waals surface area contributed by atoms with Gasteiger partial charge in [0.2, 0.25) is 0 Å². The van der Waals surface area contributed by atoms with E-state index < -0.39 is 0 Å². The van der Waals surface area contributed by atoms with Gasteiger partial charge in [-0.3, -0.25) is 0 Å². The molecule has 0 radical (unpaired) electrons. The first-order valence-corrected chi connectivity index (χ1v) is 7.20. The van der Waals surface area contributed by atoms with Crippen molar-refractivity contribution in [1.82, 2.24) is 5.32 Å². The molecule has 2 atom stereocenters. The van der Waals surface area contributed by atoms with Crippen molar-refractivity contribution < 1.29 is 4.74 Å². The van der Waals surface area contributed by atoms with Crippen LogP contribution in [0.1, 0.15) is 38.8 Å². The molecule has 0 aromatic heterocycles. The average Bonchev–Trinajstić information content (AvgIpc) is 2.28. The number of rotatable bonds is 6. The normalized spacial score (nSPS) is 15.3. The molecule has 2 unspecified atom stereocenters. The Kier molecular flexibility index (Phi) is 6.02. The smallest absolute Gasteiger partial charge is 0.0775 e. The van der Waals surface area contributed by atoms with E-state index in [1.54, 1.807) is 0 Å². The van der Waals surface area contributed by atoms with Crippen molar-refractivity contribution in [2.24, 2.45) is 5.41 Å². The van der Waals surface area contributed by atoms with Crippen molar-refractivity contribution in [3.8, 4) is 0 Å². The number of methoxy groups -OCH3 is 1. The van der Waals surface area contributed by atoms with Gasteiger partial charge in [0.05, 0.1) is 6.10 Å². The van der Waals surface area contributed by atoms with Crippen LogP contribution in [0.3, 0.4) is 0 Å². The van der Waals surface area contributed by atoms with Gasteiger partial charge in [0, 0.05) is 13.2 Å². The van der Waals surface area contributed by atoms with Crippen molar-refractivity contribution >= 4 is 0 Å². The van der Waals surface area contributed by atoms with E-state index in [1.807, 2.05) is 7.11 Å². The summed E-state index contributed by atoms with van der Waals surface area (Å²) in [6.07, 6.45) is 1.21. The van der Waals surface area contributed by atoms with Gasteiger partial charge in [-0.2, -0.15) is 0 Å². The molecule has 0 aliphatic rings. The first-order chi connectivity index (χ1) is 8.88. The van der Waals surface area contributed by atoms with Crippen molar-refractivity contribution in [3.05, 3.63) is 35.4 Å². The molecule has 0 amide bonds. The minimum atomic E-state index is 0.130. The van der Waals surface area contributed by atoms with E-state index >= 15 is 0 Å². The summed E-state index contributed by atoms with van der Waals surface area (Å²) in [6.45, 7) is 12.0. The maximum Gasteiger partial charge on any atom is 0.0775 e. The largest absolute Gasteiger partial charge is 0.379 e. The average molecular weight is 263 g/mol. The monoisotopic (exact) mass is 263 g/mol. The minimum Gasteiger partial charge on any atom is -0.379 e. The number of benzene rings is 1. The molecule has 1 N–H and O–H groups in total. The Hall–Kier alpha value is -0.860. The van der Waals surface area contributed by atoms with Crippen LogP contribution >= 0.6 is 0 Å². The van der Waals surface area contributed by atoms with Crippen molar-refractivity contribution in [1.29, 1.82) is 0 Å². The molecule has 0 bridgehead atoms. The van der Waals surface area contributed by atoms with E-state index in [4.69, 9.17) is 4.74 Å². The van der Waals surface area contributed by atoms with E-state index in [1.165, 1.54) is 11.1 Å². The molecular weight excluding hydrogens is 234 g/mol. The molecule has 0 heterocycles. The van der Waals surface area contributed by atoms with Gasteiger partial charge >= 0.3 is 0 Å². The van der Waals surface area contributed by atoms with E-state index in [-0.39, 0.29) is 11.5 Å². The van der Waals surface area contributed by atoms with Crippen LogP contribution in [0.4, 0.5) is 0 Å². The van der Waals surface area contributed by atoms with Crippen LogP contribution in [-0.2, 0) is 11.2 Å². The lowest BCUT2D eigenvalue weighted by Crippen LogP contribution is -2.48. The summed E-state index contributed by atoms with van der Waals surface area (Å²) >= 11 is 0. The molecule has 2 heteroatoms. The second kappa shape index (κ2) is 7.06. The maximum absolute atomic E-state index is 5.77. The van der Waals surface area contributed by atoms with Gasteiger partial charge in [0.15, 0.2) is 0 Å². The Morgan fingerprint density at radius 1 is 1.26 bits per heavy atom. The highest BCUT2D eigenvalue weighted by Gasteiger charge is 2.31. The predicted octanol–water partition coefficient (Wildman–Crippen LogP) is 3.58. The predicted molar refractivity (Wildman–Crippen MR) is 82.6 cm³/mol. The van der Waals surface area contributed by atoms with Gasteiger partial charge < -0.3 is 10.1 Å². The summed E-state index contributed by atoms with van der Waals surface area (Å²) in [5.41, 5.74) is 2.82. The fourth-order valence-corrected chi connectivity index (χ4v) is 2.76. The fraction of sp³-hybridized carbons (Fsp3) is 0.647. The number of aryl methyl sites for hydroxylation is 1. The van der Waals surface area contributed by atoms with Crippen molar-refractivity contribution in [2.45, 2.75) is 53.2 Å². The lowest BCUT2D eigenvalue weighted by molar-refractivity contribution is -0.0106. The Labute approximate surface area is 118 Å². The summed E-state index contributed by atoms with van der Waals surface area (Å²) in [5.74, 6) is 0. The molecule has 1 rings (SSSR count). The second-order valence-electron chi connectivity index (χ2n) is 6.38. The number of nitrogens with one attached hydrogen (secondary N) is 1. The summed E-state index contributed by atoms with van der Waals surface area (Å²) in [6, 6.07) is 9.08. The quantitative estimate of drug-likeness (QED) is 0.847. The highest BCUT2D eigenvalue weighted by atomic mass is 16.5. The lowest BCUT2D eigenvalue weighted by Gasteiger charge is -2.36. The Morgan fingerprint density at radius 3 is 2.42 bits per heavy atom. The van der Waals surface area contributed by atoms with Gasteiger partial charge in [-0.15, -0.1) is 0 Å². The van der Waals surface area contributed by atoms with Crippen LogP contribution < -0.4 is 5.32 Å². The molecule has 0 spiro atoms. The highest BCUT2D eigenvalue weighted by molar-refractivity contribution is 5.23. The van der Waals surface area contributed by atoms with E-state index in [2.05, 4.69) is 64.2 Å². The van der Waals surface area contributed by atoms with Crippen molar-refractivity contribution in [2.75, 3.05) is 13.7 Å². The summed E-state index contributed by atoms with van der Waals surface area (Å²) in [7, 11) is 1.82. The van der Waals surface area contributed by atoms with E-state index in [0.29, 0.717) is 6.04 Å². The van der Waals surface area contributed by atoms with Crippen molar-refractivity contribution in [3.63, 3.8) is 0 Å². The van der Waals surface area contributed by atoms with Crippen LogP contribution in [0.25, 0.3) is 0 Å². The molecule has 0 aliphatic heterocycles. The van der Waals surface area contributed by atoms with Gasteiger partial charge in [-0.25, -0.2) is 0 Å². The molecule has 0 saturated heterocycles. The van der Waals surface area contributed by atoms with Crippen LogP contribution in [0.5, 0.6) is 0 Å². The zero-order valence-corrected chi connectivity index (χ0v) is 13.3. The number of hydrogen-bond acceptors (Lipinski definition) is 2. The highest BCUT2D eigenvalue weighted by Crippen LogP contribution is 2.26. The Balaban J connectivity index is 2.88. The third-order valence-electron chi connectivity index (χ3n) is 3.48. The number of ether oxygens (including phenoxy) is 1. The third-order valence-corrected chi connectivity index (χ3v) is 3.48. The maximum atomic E-state index is 5.77. The van der Waals surface area contributed by atoms with Gasteiger partial charge in [-0.1, -0.05) is 57.5 Å². The number of hydrogen-bond donors (Lipinski definition) is 1. The number of likely N-dealkylation sites (N-methyl/N-ethyl adjacent to an activating group) is 1. The van der Waals surface area contributed by atoms with Gasteiger partial charge in [0.25, 0.3) is 0 Å². The molecule has 0 fully saturated rings. The topological polar surface area (TPSA) is 21.3 Å². The molecule has 0 saturated carbocycles. The molecular formula is C17H29NO. The van der Waals surface area contributed by atoms with Crippen LogP contribution in [0, 0.1) is 12.3 Å². The zero-order valence-electron chi connectivity index (χ0n) is 13.3. The molecule has 19 heavy (non-hydrogen) atoms. The first-order valence-electron chi connectivity index (χ1n) is 7.20. The molecule has 2 nitrogen and oxygen atoms in total. The fourth-order valence-electron chi connectivity index (χ4n) is 2.76. The summed E-state index contributed by atoms with van der Waals surface area (Å²) < 4.78 is 5.77. The summed E-state index contributed by atoms with van der Waals surface area (Å²) in [5, 5.41) is 3.58. The van der Waals surface area contributed by atoms with Crippen LogP contribution in [0.2, 0.25) is 0 Å². The van der Waals surface area contributed by atoms with Crippen LogP contribution in [-0.4, -0.2) is 25.8 Å². The standard InChI is InChI=1S/C17H29NO/c1-7-18-15(16(19-6)17(3,4)5)12-14-10-8-9-13(2)11-14/h8-11,15-16,18H,7,12H2,1-6H3. The van der Waals surface area contributed by atoms with Crippen LogP contribution in [0.15, 0.2) is 24.3 Å². The Bertz CT molecular complexity index is 381. The third kappa shape index (κ3) is 4.96. The Morgan fingerprint density at radius 2 is 1.95 bits per heavy atom. The zero-order chi connectivity index (χ0) is 14.5. The minimum absolute atomic E-state index is 0.130. The molecule has 1 aromatic rings. The lowest BCUT2D eigenvalue weighted by atomic mass is 9.82. The molecule has 1 aromatic carbocycles. The van der Waals surface area contributed by atoms with Gasteiger partial charge in [0.1, 0.15) is 0 Å². The second-order valence-corrected chi connectivity index (χ2v) is 6.38. The van der Waals surface area contributed by atoms with E-state index in [9.17, 15) is 0 Å². The molecule has 0 aliphatic carbocycles. The first kappa shape index (κ1) is 16.2. The summed E-state index contributed by atoms with van der Waals surface area (Å²) in [4.78, 5) is 0. The SMILES string of the molecule is CCNC(Cc1cccc(C)c1)C(OC)C(C)(C)C. The van der Waals surface area contributed by atoms with Gasteiger partial charge in [-0.05, 0) is 30.9 Å². The van der Waals surface area contributed by atoms with E-state index in [0.717, 1.165) is 13.0 Å². The molecule has 108 valence electrons.